The van der Waals surface area contributed by atoms with E-state index in [-0.39, 0.29) is 0 Å². The van der Waals surface area contributed by atoms with E-state index in [0.29, 0.717) is 17.3 Å². The number of hydrogen-bond donors (Lipinski definition) is 1. The molecule has 1 heterocycles. The first-order chi connectivity index (χ1) is 11.3. The minimum Gasteiger partial charge on any atom is -0.367 e. The monoisotopic (exact) mass is 324 g/mol. The van der Waals surface area contributed by atoms with Crippen molar-refractivity contribution in [1.29, 1.82) is 0 Å². The topological polar surface area (TPSA) is 50.7 Å². The van der Waals surface area contributed by atoms with Gasteiger partial charge >= 0.3 is 0 Å². The lowest BCUT2D eigenvalue weighted by atomic mass is 10.1. The molecular weight excluding hydrogens is 308 g/mol. The number of halogens is 1. The maximum atomic E-state index is 5.94. The zero-order valence-corrected chi connectivity index (χ0v) is 13.6. The Morgan fingerprint density at radius 1 is 0.957 bits per heavy atom. The summed E-state index contributed by atoms with van der Waals surface area (Å²) in [6, 6.07) is 17.7. The lowest BCUT2D eigenvalue weighted by Crippen LogP contribution is -2.09. The molecule has 116 valence electrons. The van der Waals surface area contributed by atoms with Gasteiger partial charge in [0.05, 0.1) is 5.69 Å². The van der Waals surface area contributed by atoms with E-state index in [9.17, 15) is 0 Å². The Morgan fingerprint density at radius 3 is 2.39 bits per heavy atom. The van der Waals surface area contributed by atoms with Crippen LogP contribution in [0, 0.1) is 0 Å². The van der Waals surface area contributed by atoms with Gasteiger partial charge in [-0.1, -0.05) is 41.9 Å². The fourth-order valence-electron chi connectivity index (χ4n) is 2.30. The second-order valence-corrected chi connectivity index (χ2v) is 5.57. The van der Waals surface area contributed by atoms with Crippen molar-refractivity contribution in [3.63, 3.8) is 0 Å². The van der Waals surface area contributed by atoms with Gasteiger partial charge < -0.3 is 5.32 Å². The average molecular weight is 325 g/mol. The van der Waals surface area contributed by atoms with Gasteiger partial charge in [0, 0.05) is 23.6 Å². The first kappa shape index (κ1) is 15.4. The largest absolute Gasteiger partial charge is 0.367 e. The first-order valence-corrected chi connectivity index (χ1v) is 7.91. The maximum absolute atomic E-state index is 5.94. The Balaban J connectivity index is 1.97. The summed E-state index contributed by atoms with van der Waals surface area (Å²) in [6.45, 7) is 2.81. The molecule has 3 aromatic rings. The van der Waals surface area contributed by atoms with Crippen molar-refractivity contribution in [2.75, 3.05) is 11.9 Å². The van der Waals surface area contributed by atoms with Crippen molar-refractivity contribution in [3.8, 4) is 11.4 Å². The summed E-state index contributed by atoms with van der Waals surface area (Å²) in [4.78, 5) is 4.71. The van der Waals surface area contributed by atoms with Crippen molar-refractivity contribution >= 4 is 17.4 Å². The highest BCUT2D eigenvalue weighted by Gasteiger charge is 2.11. The number of rotatable bonds is 5. The van der Waals surface area contributed by atoms with E-state index in [4.69, 9.17) is 16.6 Å². The van der Waals surface area contributed by atoms with E-state index >= 15 is 0 Å². The highest BCUT2D eigenvalue weighted by Crippen LogP contribution is 2.21. The van der Waals surface area contributed by atoms with Crippen molar-refractivity contribution in [3.05, 3.63) is 70.9 Å². The molecule has 3 rings (SSSR count). The molecule has 1 N–H and O–H groups in total. The van der Waals surface area contributed by atoms with Gasteiger partial charge in [0.25, 0.3) is 0 Å². The molecule has 1 aromatic heterocycles. The van der Waals surface area contributed by atoms with Crippen LogP contribution in [0.5, 0.6) is 0 Å². The average Bonchev–Trinajstić information content (AvgIpc) is 2.58. The molecule has 0 aliphatic carbocycles. The third-order valence-electron chi connectivity index (χ3n) is 3.42. The molecule has 0 fully saturated rings. The van der Waals surface area contributed by atoms with Gasteiger partial charge in [0.2, 0.25) is 0 Å². The van der Waals surface area contributed by atoms with Crippen LogP contribution in [0.3, 0.4) is 0 Å². The molecule has 0 saturated heterocycles. The van der Waals surface area contributed by atoms with Crippen LogP contribution >= 0.6 is 11.6 Å². The zero-order valence-electron chi connectivity index (χ0n) is 12.8. The smallest absolute Gasteiger partial charge is 0.182 e. The lowest BCUT2D eigenvalue weighted by Gasteiger charge is -2.10. The fraction of sp³-hybridized carbons (Fsp3) is 0.167. The van der Waals surface area contributed by atoms with E-state index in [1.165, 1.54) is 5.56 Å². The van der Waals surface area contributed by atoms with E-state index < -0.39 is 0 Å². The summed E-state index contributed by atoms with van der Waals surface area (Å²) in [5.74, 6) is 1.34. The van der Waals surface area contributed by atoms with Gasteiger partial charge in [-0.2, -0.15) is 0 Å². The van der Waals surface area contributed by atoms with Crippen LogP contribution in [0.15, 0.2) is 54.6 Å². The van der Waals surface area contributed by atoms with E-state index in [2.05, 4.69) is 27.6 Å². The number of nitrogens with one attached hydrogen (secondary N) is 1. The molecule has 0 bridgehead atoms. The van der Waals surface area contributed by atoms with Gasteiger partial charge in [-0.05, 0) is 36.8 Å². The van der Waals surface area contributed by atoms with Crippen LogP contribution in [-0.4, -0.2) is 21.7 Å². The standard InChI is InChI=1S/C18H17ClN4/c1-2-20-18-16(12-13-6-4-3-5-7-13)21-17(22-23-18)14-8-10-15(19)11-9-14/h3-11H,2,12H2,1H3,(H,20,23). The predicted octanol–water partition coefficient (Wildman–Crippen LogP) is 4.21. The second kappa shape index (κ2) is 7.20. The van der Waals surface area contributed by atoms with Crippen molar-refractivity contribution in [1.82, 2.24) is 15.2 Å². The SMILES string of the molecule is CCNc1nnc(-c2ccc(Cl)cc2)nc1Cc1ccccc1. The zero-order chi connectivity index (χ0) is 16.1. The van der Waals surface area contributed by atoms with Crippen LogP contribution in [-0.2, 0) is 6.42 Å². The van der Waals surface area contributed by atoms with Gasteiger partial charge in [0.15, 0.2) is 11.6 Å². The lowest BCUT2D eigenvalue weighted by molar-refractivity contribution is 0.916. The number of aromatic nitrogens is 3. The van der Waals surface area contributed by atoms with Crippen LogP contribution in [0.1, 0.15) is 18.2 Å². The Hall–Kier alpha value is -2.46. The highest BCUT2D eigenvalue weighted by atomic mass is 35.5. The van der Waals surface area contributed by atoms with Gasteiger partial charge in [0.1, 0.15) is 0 Å². The maximum Gasteiger partial charge on any atom is 0.182 e. The molecule has 23 heavy (non-hydrogen) atoms. The molecule has 0 amide bonds. The van der Waals surface area contributed by atoms with Crippen LogP contribution < -0.4 is 5.32 Å². The highest BCUT2D eigenvalue weighted by molar-refractivity contribution is 6.30. The summed E-state index contributed by atoms with van der Waals surface area (Å²) in [6.07, 6.45) is 0.708. The van der Waals surface area contributed by atoms with Gasteiger partial charge in [-0.25, -0.2) is 4.98 Å². The molecule has 0 saturated carbocycles. The summed E-state index contributed by atoms with van der Waals surface area (Å²) in [5.41, 5.74) is 2.98. The third-order valence-corrected chi connectivity index (χ3v) is 3.67. The number of nitrogens with zero attached hydrogens (tertiary/aromatic N) is 3. The van der Waals surface area contributed by atoms with E-state index in [1.54, 1.807) is 0 Å². The van der Waals surface area contributed by atoms with Crippen LogP contribution in [0.4, 0.5) is 5.82 Å². The summed E-state index contributed by atoms with van der Waals surface area (Å²) in [7, 11) is 0. The first-order valence-electron chi connectivity index (χ1n) is 7.53. The predicted molar refractivity (Wildman–Crippen MR) is 93.7 cm³/mol. The molecule has 0 unspecified atom stereocenters. The molecular formula is C18H17ClN4. The number of benzene rings is 2. The molecule has 0 aliphatic rings. The van der Waals surface area contributed by atoms with Gasteiger partial charge in [-0.15, -0.1) is 10.2 Å². The Bertz CT molecular complexity index is 773. The minimum atomic E-state index is 0.606. The molecule has 0 radical (unpaired) electrons. The van der Waals surface area contributed by atoms with Crippen molar-refractivity contribution < 1.29 is 0 Å². The number of anilines is 1. The summed E-state index contributed by atoms with van der Waals surface area (Å²) < 4.78 is 0. The Morgan fingerprint density at radius 2 is 1.70 bits per heavy atom. The van der Waals surface area contributed by atoms with Crippen LogP contribution in [0.2, 0.25) is 5.02 Å². The van der Waals surface area contributed by atoms with E-state index in [1.807, 2.05) is 49.4 Å². The summed E-state index contributed by atoms with van der Waals surface area (Å²) in [5, 5.41) is 12.5. The molecule has 0 aliphatic heterocycles. The molecule has 4 nitrogen and oxygen atoms in total. The number of hydrogen-bond acceptors (Lipinski definition) is 4. The van der Waals surface area contributed by atoms with Crippen molar-refractivity contribution in [2.24, 2.45) is 0 Å². The Kier molecular flexibility index (Phi) is 4.83. The quantitative estimate of drug-likeness (QED) is 0.763. The minimum absolute atomic E-state index is 0.606. The Labute approximate surface area is 140 Å². The molecule has 0 atom stereocenters. The van der Waals surface area contributed by atoms with Gasteiger partial charge in [-0.3, -0.25) is 0 Å². The van der Waals surface area contributed by atoms with Crippen molar-refractivity contribution in [2.45, 2.75) is 13.3 Å². The van der Waals surface area contributed by atoms with Crippen LogP contribution in [0.25, 0.3) is 11.4 Å². The molecule has 5 heteroatoms. The third kappa shape index (κ3) is 3.85. The molecule has 2 aromatic carbocycles. The van der Waals surface area contributed by atoms with E-state index in [0.717, 1.165) is 23.6 Å². The normalized spacial score (nSPS) is 10.5. The fourth-order valence-corrected chi connectivity index (χ4v) is 2.42. The second-order valence-electron chi connectivity index (χ2n) is 5.13. The summed E-state index contributed by atoms with van der Waals surface area (Å²) >= 11 is 5.94. The molecule has 0 spiro atoms.